The number of hydrogen-bond donors (Lipinski definition) is 0. The highest BCUT2D eigenvalue weighted by atomic mass is 16.5. The highest BCUT2D eigenvalue weighted by Crippen LogP contribution is 2.17. The fourth-order valence-corrected chi connectivity index (χ4v) is 3.09. The third-order valence-electron chi connectivity index (χ3n) is 4.50. The van der Waals surface area contributed by atoms with Gasteiger partial charge in [0, 0.05) is 38.7 Å². The Morgan fingerprint density at radius 2 is 2.27 bits per heavy atom. The van der Waals surface area contributed by atoms with E-state index in [1.807, 2.05) is 23.1 Å². The van der Waals surface area contributed by atoms with Gasteiger partial charge in [-0.15, -0.1) is 0 Å². The van der Waals surface area contributed by atoms with E-state index in [2.05, 4.69) is 22.0 Å². The fraction of sp³-hybridized carbons (Fsp3) is 0.579. The van der Waals surface area contributed by atoms with Crippen LogP contribution in [0.3, 0.4) is 0 Å². The highest BCUT2D eigenvalue weighted by molar-refractivity contribution is 5.76. The quantitative estimate of drug-likeness (QED) is 0.757. The average Bonchev–Trinajstić information content (AvgIpc) is 3.03. The van der Waals surface area contributed by atoms with E-state index in [1.165, 1.54) is 0 Å². The van der Waals surface area contributed by atoms with Crippen LogP contribution in [0, 0.1) is 0 Å². The molecule has 0 bridgehead atoms. The molecule has 0 spiro atoms. The SMILES string of the molecule is CCCOC1CCCN(C(=O)CCc2nc(-c3ccccn3)no2)CC1. The molecule has 7 heteroatoms. The molecular formula is C19H26N4O3. The van der Waals surface area contributed by atoms with Gasteiger partial charge in [-0.25, -0.2) is 0 Å². The van der Waals surface area contributed by atoms with Gasteiger partial charge in [-0.3, -0.25) is 9.78 Å². The smallest absolute Gasteiger partial charge is 0.227 e. The van der Waals surface area contributed by atoms with E-state index in [0.717, 1.165) is 45.4 Å². The summed E-state index contributed by atoms with van der Waals surface area (Å²) in [6.45, 7) is 4.47. The molecule has 0 radical (unpaired) electrons. The van der Waals surface area contributed by atoms with E-state index < -0.39 is 0 Å². The predicted octanol–water partition coefficient (Wildman–Crippen LogP) is 2.87. The molecule has 1 amide bonds. The van der Waals surface area contributed by atoms with Gasteiger partial charge in [0.15, 0.2) is 0 Å². The molecule has 2 aromatic heterocycles. The summed E-state index contributed by atoms with van der Waals surface area (Å²) in [6, 6.07) is 5.54. The molecule has 140 valence electrons. The van der Waals surface area contributed by atoms with Crippen molar-refractivity contribution in [3.8, 4) is 11.5 Å². The summed E-state index contributed by atoms with van der Waals surface area (Å²) < 4.78 is 11.1. The van der Waals surface area contributed by atoms with Crippen LogP contribution in [0.5, 0.6) is 0 Å². The summed E-state index contributed by atoms with van der Waals surface area (Å²) in [5.74, 6) is 1.07. The number of aromatic nitrogens is 3. The van der Waals surface area contributed by atoms with Gasteiger partial charge >= 0.3 is 0 Å². The second-order valence-corrected chi connectivity index (χ2v) is 6.53. The summed E-state index contributed by atoms with van der Waals surface area (Å²) in [5, 5.41) is 3.94. The first-order chi connectivity index (χ1) is 12.8. The average molecular weight is 358 g/mol. The van der Waals surface area contributed by atoms with Gasteiger partial charge in [-0.2, -0.15) is 4.98 Å². The molecule has 0 aromatic carbocycles. The Balaban J connectivity index is 1.47. The second-order valence-electron chi connectivity index (χ2n) is 6.53. The molecule has 0 saturated carbocycles. The minimum absolute atomic E-state index is 0.138. The van der Waals surface area contributed by atoms with Gasteiger partial charge in [-0.05, 0) is 37.8 Å². The Kier molecular flexibility index (Phi) is 6.71. The number of carbonyl (C=O) groups excluding carboxylic acids is 1. The van der Waals surface area contributed by atoms with Crippen molar-refractivity contribution < 1.29 is 14.1 Å². The van der Waals surface area contributed by atoms with Crippen molar-refractivity contribution in [1.82, 2.24) is 20.0 Å². The summed E-state index contributed by atoms with van der Waals surface area (Å²) in [4.78, 5) is 23.0. The Hall–Kier alpha value is -2.28. The Morgan fingerprint density at radius 3 is 3.08 bits per heavy atom. The van der Waals surface area contributed by atoms with E-state index in [0.29, 0.717) is 30.3 Å². The third-order valence-corrected chi connectivity index (χ3v) is 4.50. The van der Waals surface area contributed by atoms with E-state index >= 15 is 0 Å². The summed E-state index contributed by atoms with van der Waals surface area (Å²) in [5.41, 5.74) is 0.666. The summed E-state index contributed by atoms with van der Waals surface area (Å²) in [7, 11) is 0. The standard InChI is InChI=1S/C19H26N4O3/c1-2-14-25-15-6-5-12-23(13-10-15)18(24)9-8-17-21-19(22-26-17)16-7-3-4-11-20-16/h3-4,7,11,15H,2,5-6,8-10,12-14H2,1H3. The number of rotatable bonds is 7. The second kappa shape index (κ2) is 9.43. The zero-order valence-corrected chi connectivity index (χ0v) is 15.3. The van der Waals surface area contributed by atoms with Crippen molar-refractivity contribution in [2.75, 3.05) is 19.7 Å². The lowest BCUT2D eigenvalue weighted by Gasteiger charge is -2.20. The maximum absolute atomic E-state index is 12.5. The lowest BCUT2D eigenvalue weighted by atomic mass is 10.2. The normalized spacial score (nSPS) is 17.9. The van der Waals surface area contributed by atoms with E-state index in [4.69, 9.17) is 9.26 Å². The molecule has 7 nitrogen and oxygen atoms in total. The van der Waals surface area contributed by atoms with Crippen LogP contribution in [-0.2, 0) is 16.0 Å². The van der Waals surface area contributed by atoms with Crippen molar-refractivity contribution in [2.24, 2.45) is 0 Å². The minimum atomic E-state index is 0.138. The molecule has 1 unspecified atom stereocenters. The first kappa shape index (κ1) is 18.5. The number of hydrogen-bond acceptors (Lipinski definition) is 6. The third kappa shape index (κ3) is 5.11. The van der Waals surface area contributed by atoms with E-state index in [-0.39, 0.29) is 12.0 Å². The van der Waals surface area contributed by atoms with Crippen molar-refractivity contribution in [3.63, 3.8) is 0 Å². The largest absolute Gasteiger partial charge is 0.378 e. The zero-order chi connectivity index (χ0) is 18.2. The Bertz CT molecular complexity index is 689. The number of pyridine rings is 1. The van der Waals surface area contributed by atoms with Crippen molar-refractivity contribution >= 4 is 5.91 Å². The molecule has 1 fully saturated rings. The zero-order valence-electron chi connectivity index (χ0n) is 15.3. The molecule has 0 aliphatic carbocycles. The molecule has 26 heavy (non-hydrogen) atoms. The number of carbonyl (C=O) groups is 1. The molecule has 1 atom stereocenters. The van der Waals surface area contributed by atoms with Crippen LogP contribution >= 0.6 is 0 Å². The van der Waals surface area contributed by atoms with Crippen LogP contribution < -0.4 is 0 Å². The van der Waals surface area contributed by atoms with Gasteiger partial charge in [0.2, 0.25) is 17.6 Å². The van der Waals surface area contributed by atoms with Crippen molar-refractivity contribution in [2.45, 2.75) is 51.6 Å². The van der Waals surface area contributed by atoms with Crippen LogP contribution in [0.15, 0.2) is 28.9 Å². The van der Waals surface area contributed by atoms with Crippen LogP contribution in [-0.4, -0.2) is 51.7 Å². The summed E-state index contributed by atoms with van der Waals surface area (Å²) >= 11 is 0. The monoisotopic (exact) mass is 358 g/mol. The summed E-state index contributed by atoms with van der Waals surface area (Å²) in [6.07, 6.45) is 6.76. The van der Waals surface area contributed by atoms with Crippen molar-refractivity contribution in [1.29, 1.82) is 0 Å². The number of likely N-dealkylation sites (tertiary alicyclic amines) is 1. The molecule has 1 aliphatic rings. The molecule has 1 saturated heterocycles. The van der Waals surface area contributed by atoms with Crippen LogP contribution in [0.25, 0.3) is 11.5 Å². The van der Waals surface area contributed by atoms with Gasteiger partial charge in [0.25, 0.3) is 0 Å². The van der Waals surface area contributed by atoms with Crippen molar-refractivity contribution in [3.05, 3.63) is 30.3 Å². The van der Waals surface area contributed by atoms with Crippen LogP contribution in [0.1, 0.15) is 44.9 Å². The van der Waals surface area contributed by atoms with Gasteiger partial charge < -0.3 is 14.2 Å². The van der Waals surface area contributed by atoms with Gasteiger partial charge in [0.05, 0.1) is 6.10 Å². The molecule has 1 aliphatic heterocycles. The highest BCUT2D eigenvalue weighted by Gasteiger charge is 2.21. The maximum Gasteiger partial charge on any atom is 0.227 e. The van der Waals surface area contributed by atoms with E-state index in [1.54, 1.807) is 6.20 Å². The first-order valence-electron chi connectivity index (χ1n) is 9.39. The molecular weight excluding hydrogens is 332 g/mol. The molecule has 0 N–H and O–H groups in total. The van der Waals surface area contributed by atoms with E-state index in [9.17, 15) is 4.79 Å². The predicted molar refractivity (Wildman–Crippen MR) is 96.3 cm³/mol. The minimum Gasteiger partial charge on any atom is -0.378 e. The lowest BCUT2D eigenvalue weighted by Crippen LogP contribution is -2.32. The number of aryl methyl sites for hydroxylation is 1. The number of nitrogens with zero attached hydrogens (tertiary/aromatic N) is 4. The molecule has 3 heterocycles. The van der Waals surface area contributed by atoms with Crippen LogP contribution in [0.2, 0.25) is 0 Å². The lowest BCUT2D eigenvalue weighted by molar-refractivity contribution is -0.131. The van der Waals surface area contributed by atoms with Crippen LogP contribution in [0.4, 0.5) is 0 Å². The van der Waals surface area contributed by atoms with Gasteiger partial charge in [-0.1, -0.05) is 18.1 Å². The topological polar surface area (TPSA) is 81.4 Å². The number of amides is 1. The Morgan fingerprint density at radius 1 is 1.35 bits per heavy atom. The molecule has 3 rings (SSSR count). The fourth-order valence-electron chi connectivity index (χ4n) is 3.09. The first-order valence-corrected chi connectivity index (χ1v) is 9.39. The maximum atomic E-state index is 12.5. The Labute approximate surface area is 153 Å². The molecule has 2 aromatic rings. The van der Waals surface area contributed by atoms with Gasteiger partial charge in [0.1, 0.15) is 5.69 Å². The number of ether oxygens (including phenoxy) is 1.